The molecule has 2 heterocycles. The lowest BCUT2D eigenvalue weighted by molar-refractivity contribution is 0.556. The number of nitrogens with two attached hydrogens (primary N) is 1. The minimum Gasteiger partial charge on any atom is -0.453 e. The molecule has 0 saturated heterocycles. The molecular formula is C10H11ClN2OS. The summed E-state index contributed by atoms with van der Waals surface area (Å²) in [6.07, 6.45) is 1.56. The summed E-state index contributed by atoms with van der Waals surface area (Å²) in [7, 11) is 0. The van der Waals surface area contributed by atoms with Crippen LogP contribution in [0, 0.1) is 6.92 Å². The van der Waals surface area contributed by atoms with Crippen molar-refractivity contribution in [1.82, 2.24) is 5.43 Å². The van der Waals surface area contributed by atoms with Crippen LogP contribution in [0.1, 0.15) is 21.4 Å². The van der Waals surface area contributed by atoms with Gasteiger partial charge in [-0.2, -0.15) is 0 Å². The Kier molecular flexibility index (Phi) is 3.11. The summed E-state index contributed by atoms with van der Waals surface area (Å²) >= 11 is 7.60. The number of hydrogen-bond donors (Lipinski definition) is 2. The van der Waals surface area contributed by atoms with Crippen LogP contribution in [-0.2, 0) is 0 Å². The number of halogens is 1. The molecule has 1 unspecified atom stereocenters. The third-order valence-corrected chi connectivity index (χ3v) is 3.54. The van der Waals surface area contributed by atoms with Crippen molar-refractivity contribution in [3.05, 3.63) is 45.0 Å². The van der Waals surface area contributed by atoms with Crippen LogP contribution >= 0.6 is 22.9 Å². The number of rotatable bonds is 3. The van der Waals surface area contributed by atoms with Crippen LogP contribution in [0.2, 0.25) is 5.22 Å². The molecule has 0 aromatic carbocycles. The maximum atomic E-state index is 5.91. The van der Waals surface area contributed by atoms with Crippen molar-refractivity contribution in [2.75, 3.05) is 0 Å². The van der Waals surface area contributed by atoms with Crippen molar-refractivity contribution < 1.29 is 4.42 Å². The summed E-state index contributed by atoms with van der Waals surface area (Å²) in [6.45, 7) is 2.05. The molecule has 1 atom stereocenters. The summed E-state index contributed by atoms with van der Waals surface area (Å²) in [4.78, 5) is 2.36. The van der Waals surface area contributed by atoms with E-state index in [0.29, 0.717) is 5.22 Å². The van der Waals surface area contributed by atoms with Gasteiger partial charge in [0, 0.05) is 15.3 Å². The predicted octanol–water partition coefficient (Wildman–Crippen LogP) is 2.86. The molecule has 80 valence electrons. The minimum atomic E-state index is -0.102. The Morgan fingerprint density at radius 3 is 2.73 bits per heavy atom. The van der Waals surface area contributed by atoms with Crippen LogP contribution in [0.4, 0.5) is 0 Å². The highest BCUT2D eigenvalue weighted by atomic mass is 35.5. The van der Waals surface area contributed by atoms with E-state index >= 15 is 0 Å². The van der Waals surface area contributed by atoms with Gasteiger partial charge in [0.15, 0.2) is 5.22 Å². The van der Waals surface area contributed by atoms with E-state index in [9.17, 15) is 0 Å². The third kappa shape index (κ3) is 2.08. The van der Waals surface area contributed by atoms with E-state index in [4.69, 9.17) is 21.9 Å². The van der Waals surface area contributed by atoms with Gasteiger partial charge >= 0.3 is 0 Å². The summed E-state index contributed by atoms with van der Waals surface area (Å²) in [6, 6.07) is 5.81. The first-order valence-corrected chi connectivity index (χ1v) is 5.67. The van der Waals surface area contributed by atoms with Crippen molar-refractivity contribution >= 4 is 22.9 Å². The van der Waals surface area contributed by atoms with E-state index in [2.05, 4.69) is 18.4 Å². The van der Waals surface area contributed by atoms with Crippen molar-refractivity contribution in [1.29, 1.82) is 0 Å². The SMILES string of the molecule is Cc1ccc(C(NN)c2ccoc2Cl)s1. The lowest BCUT2D eigenvalue weighted by atomic mass is 10.1. The lowest BCUT2D eigenvalue weighted by Gasteiger charge is -2.12. The number of aryl methyl sites for hydroxylation is 1. The van der Waals surface area contributed by atoms with Crippen LogP contribution < -0.4 is 11.3 Å². The molecule has 0 bridgehead atoms. The Hall–Kier alpha value is -0.810. The monoisotopic (exact) mass is 242 g/mol. The molecule has 5 heteroatoms. The molecular weight excluding hydrogens is 232 g/mol. The largest absolute Gasteiger partial charge is 0.453 e. The molecule has 2 rings (SSSR count). The van der Waals surface area contributed by atoms with Crippen molar-refractivity contribution in [3.63, 3.8) is 0 Å². The molecule has 0 aliphatic rings. The Morgan fingerprint density at radius 2 is 2.27 bits per heavy atom. The highest BCUT2D eigenvalue weighted by molar-refractivity contribution is 7.12. The molecule has 0 spiro atoms. The Balaban J connectivity index is 2.36. The van der Waals surface area contributed by atoms with Gasteiger partial charge in [0.2, 0.25) is 0 Å². The van der Waals surface area contributed by atoms with Gasteiger partial charge < -0.3 is 4.42 Å². The lowest BCUT2D eigenvalue weighted by Crippen LogP contribution is -2.28. The number of nitrogens with one attached hydrogen (secondary N) is 1. The van der Waals surface area contributed by atoms with Gasteiger partial charge in [-0.25, -0.2) is 5.43 Å². The standard InChI is InChI=1S/C10H11ClN2OS/c1-6-2-3-8(15-6)9(13-12)7-4-5-14-10(7)11/h2-5,9,13H,12H2,1H3. The number of furan rings is 1. The minimum absolute atomic E-state index is 0.102. The van der Waals surface area contributed by atoms with E-state index < -0.39 is 0 Å². The van der Waals surface area contributed by atoms with Crippen LogP contribution in [-0.4, -0.2) is 0 Å². The van der Waals surface area contributed by atoms with Gasteiger partial charge in [-0.15, -0.1) is 11.3 Å². The van der Waals surface area contributed by atoms with Crippen molar-refractivity contribution in [2.45, 2.75) is 13.0 Å². The Morgan fingerprint density at radius 1 is 1.47 bits per heavy atom. The molecule has 0 aliphatic carbocycles. The molecule has 0 fully saturated rings. The highest BCUT2D eigenvalue weighted by Gasteiger charge is 2.18. The highest BCUT2D eigenvalue weighted by Crippen LogP contribution is 2.32. The summed E-state index contributed by atoms with van der Waals surface area (Å²) in [5, 5.41) is 0.379. The number of thiophene rings is 1. The molecule has 0 saturated carbocycles. The molecule has 0 radical (unpaired) electrons. The molecule has 0 aliphatic heterocycles. The smallest absolute Gasteiger partial charge is 0.198 e. The molecule has 2 aromatic rings. The normalized spacial score (nSPS) is 13.0. The first kappa shape index (κ1) is 10.7. The van der Waals surface area contributed by atoms with Crippen LogP contribution in [0.3, 0.4) is 0 Å². The van der Waals surface area contributed by atoms with E-state index in [0.717, 1.165) is 10.4 Å². The summed E-state index contributed by atoms with van der Waals surface area (Å²) < 4.78 is 5.05. The van der Waals surface area contributed by atoms with E-state index in [-0.39, 0.29) is 6.04 Å². The van der Waals surface area contributed by atoms with Crippen LogP contribution in [0.15, 0.2) is 28.9 Å². The molecule has 2 aromatic heterocycles. The zero-order chi connectivity index (χ0) is 10.8. The van der Waals surface area contributed by atoms with Gasteiger partial charge in [0.05, 0.1) is 12.3 Å². The van der Waals surface area contributed by atoms with Gasteiger partial charge in [-0.05, 0) is 36.7 Å². The van der Waals surface area contributed by atoms with Crippen molar-refractivity contribution in [2.24, 2.45) is 5.84 Å². The second kappa shape index (κ2) is 4.37. The van der Waals surface area contributed by atoms with Crippen molar-refractivity contribution in [3.8, 4) is 0 Å². The van der Waals surface area contributed by atoms with E-state index in [1.54, 1.807) is 17.6 Å². The summed E-state index contributed by atoms with van der Waals surface area (Å²) in [5.41, 5.74) is 3.60. The maximum absolute atomic E-state index is 5.91. The van der Waals surface area contributed by atoms with E-state index in [1.807, 2.05) is 12.1 Å². The molecule has 3 nitrogen and oxygen atoms in total. The molecule has 3 N–H and O–H groups in total. The fourth-order valence-corrected chi connectivity index (χ4v) is 2.62. The molecule has 0 amide bonds. The van der Waals surface area contributed by atoms with Gasteiger partial charge in [0.1, 0.15) is 0 Å². The maximum Gasteiger partial charge on any atom is 0.198 e. The van der Waals surface area contributed by atoms with Gasteiger partial charge in [0.25, 0.3) is 0 Å². The first-order chi connectivity index (χ1) is 7.22. The summed E-state index contributed by atoms with van der Waals surface area (Å²) in [5.74, 6) is 5.53. The zero-order valence-electron chi connectivity index (χ0n) is 8.16. The second-order valence-corrected chi connectivity index (χ2v) is 4.86. The third-order valence-electron chi connectivity index (χ3n) is 2.17. The average Bonchev–Trinajstić information content (AvgIpc) is 2.79. The molecule has 15 heavy (non-hydrogen) atoms. The Labute approximate surface area is 96.8 Å². The Bertz CT molecular complexity index is 452. The first-order valence-electron chi connectivity index (χ1n) is 4.47. The quantitative estimate of drug-likeness (QED) is 0.643. The predicted molar refractivity (Wildman–Crippen MR) is 61.9 cm³/mol. The average molecular weight is 243 g/mol. The fraction of sp³-hybridized carbons (Fsp3) is 0.200. The van der Waals surface area contributed by atoms with Gasteiger partial charge in [-0.1, -0.05) is 0 Å². The fourth-order valence-electron chi connectivity index (χ4n) is 1.44. The van der Waals surface area contributed by atoms with Crippen LogP contribution in [0.25, 0.3) is 0 Å². The number of hydrogen-bond acceptors (Lipinski definition) is 4. The number of hydrazine groups is 1. The second-order valence-electron chi connectivity index (χ2n) is 3.20. The zero-order valence-corrected chi connectivity index (χ0v) is 9.73. The van der Waals surface area contributed by atoms with E-state index in [1.165, 1.54) is 4.88 Å². The van der Waals surface area contributed by atoms with Crippen LogP contribution in [0.5, 0.6) is 0 Å². The topological polar surface area (TPSA) is 51.2 Å². The van der Waals surface area contributed by atoms with Gasteiger partial charge in [-0.3, -0.25) is 5.84 Å².